The number of aliphatic hydroxyl groups excluding tert-OH is 1. The predicted molar refractivity (Wildman–Crippen MR) is 51.2 cm³/mol. The van der Waals surface area contributed by atoms with E-state index < -0.39 is 6.10 Å². The summed E-state index contributed by atoms with van der Waals surface area (Å²) in [4.78, 5) is 1.35. The van der Waals surface area contributed by atoms with Crippen LogP contribution in [0.25, 0.3) is 0 Å². The Morgan fingerprint density at radius 3 is 2.87 bits per heavy atom. The molecule has 7 nitrogen and oxygen atoms in total. The molecule has 1 N–H and O–H groups in total. The van der Waals surface area contributed by atoms with E-state index in [0.29, 0.717) is 25.5 Å². The van der Waals surface area contributed by atoms with E-state index in [9.17, 15) is 5.11 Å². The van der Waals surface area contributed by atoms with Gasteiger partial charge in [-0.1, -0.05) is 0 Å². The monoisotopic (exact) mass is 216 g/mol. The van der Waals surface area contributed by atoms with E-state index in [1.165, 1.54) is 4.80 Å². The lowest BCUT2D eigenvalue weighted by atomic mass is 10.2. The average molecular weight is 216 g/mol. The van der Waals surface area contributed by atoms with Crippen LogP contribution < -0.4 is 0 Å². The summed E-state index contributed by atoms with van der Waals surface area (Å²) in [7, 11) is 3.28. The van der Waals surface area contributed by atoms with E-state index in [1.807, 2.05) is 0 Å². The lowest BCUT2D eigenvalue weighted by Gasteiger charge is -2.08. The average Bonchev–Trinajstić information content (AvgIpc) is 2.59. The van der Waals surface area contributed by atoms with Gasteiger partial charge in [-0.25, -0.2) is 0 Å². The Labute approximate surface area is 88.0 Å². The second kappa shape index (κ2) is 6.44. The van der Waals surface area contributed by atoms with Crippen LogP contribution in [-0.2, 0) is 22.9 Å². The normalized spacial score (nSPS) is 13.0. The molecular weight excluding hydrogens is 200 g/mol. The van der Waals surface area contributed by atoms with Gasteiger partial charge in [0.15, 0.2) is 5.82 Å². The van der Waals surface area contributed by atoms with Crippen molar-refractivity contribution in [3.63, 3.8) is 0 Å². The van der Waals surface area contributed by atoms with E-state index in [1.54, 1.807) is 14.2 Å². The van der Waals surface area contributed by atoms with Crippen molar-refractivity contribution in [2.75, 3.05) is 26.9 Å². The van der Waals surface area contributed by atoms with Gasteiger partial charge in [0.25, 0.3) is 0 Å². The fourth-order valence-corrected chi connectivity index (χ4v) is 1.04. The number of aromatic nitrogens is 4. The number of rotatable bonds is 7. The van der Waals surface area contributed by atoms with Gasteiger partial charge < -0.3 is 14.6 Å². The molecule has 1 aromatic rings. The number of tetrazole rings is 1. The second-order valence-corrected chi connectivity index (χ2v) is 3.12. The molecule has 0 radical (unpaired) electrons. The summed E-state index contributed by atoms with van der Waals surface area (Å²) >= 11 is 0. The molecule has 0 aromatic carbocycles. The summed E-state index contributed by atoms with van der Waals surface area (Å²) in [5, 5.41) is 20.9. The molecule has 0 spiro atoms. The van der Waals surface area contributed by atoms with Crippen molar-refractivity contribution in [3.05, 3.63) is 5.82 Å². The van der Waals surface area contributed by atoms with Gasteiger partial charge in [-0.15, -0.1) is 10.2 Å². The van der Waals surface area contributed by atoms with E-state index >= 15 is 0 Å². The van der Waals surface area contributed by atoms with Crippen LogP contribution in [0.1, 0.15) is 5.82 Å². The second-order valence-electron chi connectivity index (χ2n) is 3.12. The third kappa shape index (κ3) is 4.82. The lowest BCUT2D eigenvalue weighted by Crippen LogP contribution is -2.20. The molecule has 0 bridgehead atoms. The summed E-state index contributed by atoms with van der Waals surface area (Å²) in [6, 6.07) is 0. The van der Waals surface area contributed by atoms with E-state index in [2.05, 4.69) is 15.4 Å². The van der Waals surface area contributed by atoms with Gasteiger partial charge in [-0.2, -0.15) is 4.80 Å². The Morgan fingerprint density at radius 2 is 2.27 bits per heavy atom. The zero-order valence-corrected chi connectivity index (χ0v) is 8.96. The summed E-state index contributed by atoms with van der Waals surface area (Å²) < 4.78 is 9.96. The Kier molecular flexibility index (Phi) is 5.16. The molecular formula is C8H16N4O3. The number of ether oxygens (including phenoxy) is 2. The Balaban J connectivity index is 2.15. The maximum Gasteiger partial charge on any atom is 0.177 e. The fourth-order valence-electron chi connectivity index (χ4n) is 1.04. The zero-order valence-electron chi connectivity index (χ0n) is 8.96. The van der Waals surface area contributed by atoms with Crippen LogP contribution in [-0.4, -0.2) is 58.3 Å². The summed E-state index contributed by atoms with van der Waals surface area (Å²) in [5.41, 5.74) is 0. The smallest absolute Gasteiger partial charge is 0.177 e. The number of nitrogens with zero attached hydrogens (tertiary/aromatic N) is 4. The molecule has 1 heterocycles. The number of hydrogen-bond donors (Lipinski definition) is 1. The van der Waals surface area contributed by atoms with Crippen LogP contribution in [0.4, 0.5) is 0 Å². The highest BCUT2D eigenvalue weighted by Gasteiger charge is 2.09. The maximum atomic E-state index is 9.53. The minimum absolute atomic E-state index is 0.252. The molecule has 1 atom stereocenters. The highest BCUT2D eigenvalue weighted by Crippen LogP contribution is 1.95. The van der Waals surface area contributed by atoms with Gasteiger partial charge in [0.05, 0.1) is 33.0 Å². The van der Waals surface area contributed by atoms with E-state index in [4.69, 9.17) is 9.47 Å². The van der Waals surface area contributed by atoms with Crippen molar-refractivity contribution in [1.82, 2.24) is 20.2 Å². The number of aliphatic hydroxyl groups is 1. The molecule has 0 aliphatic rings. The Bertz CT molecular complexity index is 279. The van der Waals surface area contributed by atoms with Gasteiger partial charge in [0, 0.05) is 13.5 Å². The molecule has 0 aliphatic heterocycles. The van der Waals surface area contributed by atoms with Crippen molar-refractivity contribution >= 4 is 0 Å². The minimum atomic E-state index is -0.606. The first-order valence-electron chi connectivity index (χ1n) is 4.70. The van der Waals surface area contributed by atoms with Gasteiger partial charge >= 0.3 is 0 Å². The van der Waals surface area contributed by atoms with Crippen LogP contribution >= 0.6 is 0 Å². The number of aryl methyl sites for hydroxylation is 1. The van der Waals surface area contributed by atoms with E-state index in [-0.39, 0.29) is 6.61 Å². The van der Waals surface area contributed by atoms with Crippen LogP contribution in [0.2, 0.25) is 0 Å². The molecule has 0 aliphatic carbocycles. The SMILES string of the molecule is COCCOCC(O)Cc1nnn(C)n1. The van der Waals surface area contributed by atoms with Crippen molar-refractivity contribution in [3.8, 4) is 0 Å². The van der Waals surface area contributed by atoms with Gasteiger partial charge in [-0.05, 0) is 5.21 Å². The lowest BCUT2D eigenvalue weighted by molar-refractivity contribution is 0.0130. The van der Waals surface area contributed by atoms with Gasteiger partial charge in [0.1, 0.15) is 0 Å². The maximum absolute atomic E-state index is 9.53. The minimum Gasteiger partial charge on any atom is -0.390 e. The molecule has 1 unspecified atom stereocenters. The number of hydrogen-bond acceptors (Lipinski definition) is 6. The van der Waals surface area contributed by atoms with Gasteiger partial charge in [0.2, 0.25) is 0 Å². The van der Waals surface area contributed by atoms with Crippen LogP contribution in [0.3, 0.4) is 0 Å². The third-order valence-corrected chi connectivity index (χ3v) is 1.71. The van der Waals surface area contributed by atoms with Crippen molar-refractivity contribution in [2.45, 2.75) is 12.5 Å². The quantitative estimate of drug-likeness (QED) is 0.575. The van der Waals surface area contributed by atoms with Crippen molar-refractivity contribution in [1.29, 1.82) is 0 Å². The third-order valence-electron chi connectivity index (χ3n) is 1.71. The molecule has 0 saturated heterocycles. The zero-order chi connectivity index (χ0) is 11.1. The summed E-state index contributed by atoms with van der Waals surface area (Å²) in [5.74, 6) is 0.514. The van der Waals surface area contributed by atoms with Crippen molar-refractivity contribution < 1.29 is 14.6 Å². The van der Waals surface area contributed by atoms with Crippen LogP contribution in [0.15, 0.2) is 0 Å². The highest BCUT2D eigenvalue weighted by molar-refractivity contribution is 4.80. The molecule has 86 valence electrons. The first kappa shape index (κ1) is 12.0. The molecule has 1 aromatic heterocycles. The fraction of sp³-hybridized carbons (Fsp3) is 0.875. The molecule has 7 heteroatoms. The highest BCUT2D eigenvalue weighted by atomic mass is 16.5. The van der Waals surface area contributed by atoms with Crippen LogP contribution in [0.5, 0.6) is 0 Å². The largest absolute Gasteiger partial charge is 0.390 e. The molecule has 0 amide bonds. The summed E-state index contributed by atoms with van der Waals surface area (Å²) in [6.07, 6.45) is -0.257. The van der Waals surface area contributed by atoms with Gasteiger partial charge in [-0.3, -0.25) is 0 Å². The number of methoxy groups -OCH3 is 1. The summed E-state index contributed by atoms with van der Waals surface area (Å²) in [6.45, 7) is 1.25. The molecule has 1 rings (SSSR count). The first-order valence-corrected chi connectivity index (χ1v) is 4.70. The molecule has 0 saturated carbocycles. The Morgan fingerprint density at radius 1 is 1.47 bits per heavy atom. The van der Waals surface area contributed by atoms with Crippen molar-refractivity contribution in [2.24, 2.45) is 7.05 Å². The first-order chi connectivity index (χ1) is 7.22. The molecule has 15 heavy (non-hydrogen) atoms. The topological polar surface area (TPSA) is 82.3 Å². The van der Waals surface area contributed by atoms with Crippen LogP contribution in [0, 0.1) is 0 Å². The standard InChI is InChI=1S/C8H16N4O3/c1-12-10-8(9-11-12)5-7(13)6-15-4-3-14-2/h7,13H,3-6H2,1-2H3. The van der Waals surface area contributed by atoms with E-state index in [0.717, 1.165) is 0 Å². The Hall–Kier alpha value is -1.05. The molecule has 0 fully saturated rings. The predicted octanol–water partition coefficient (Wildman–Crippen LogP) is -1.22.